The van der Waals surface area contributed by atoms with Crippen LogP contribution in [0.1, 0.15) is 48.9 Å². The van der Waals surface area contributed by atoms with Gasteiger partial charge in [0.25, 0.3) is 5.91 Å². The van der Waals surface area contributed by atoms with Gasteiger partial charge in [0.1, 0.15) is 0 Å². The van der Waals surface area contributed by atoms with E-state index in [4.69, 9.17) is 17.3 Å². The first kappa shape index (κ1) is 13.2. The van der Waals surface area contributed by atoms with E-state index in [0.29, 0.717) is 22.3 Å². The van der Waals surface area contributed by atoms with Crippen LogP contribution in [-0.4, -0.2) is 11.9 Å². The average molecular weight is 267 g/mol. The van der Waals surface area contributed by atoms with Crippen LogP contribution in [0.4, 0.5) is 5.69 Å². The zero-order chi connectivity index (χ0) is 13.0. The summed E-state index contributed by atoms with van der Waals surface area (Å²) in [4.78, 5) is 12.1. The summed E-state index contributed by atoms with van der Waals surface area (Å²) in [5, 5.41) is 3.58. The fourth-order valence-corrected chi connectivity index (χ4v) is 2.68. The van der Waals surface area contributed by atoms with Crippen molar-refractivity contribution in [1.82, 2.24) is 5.32 Å². The zero-order valence-corrected chi connectivity index (χ0v) is 11.2. The number of amides is 1. The Morgan fingerprint density at radius 2 is 1.83 bits per heavy atom. The van der Waals surface area contributed by atoms with Crippen LogP contribution >= 0.6 is 11.6 Å². The van der Waals surface area contributed by atoms with Crippen molar-refractivity contribution in [3.8, 4) is 0 Å². The molecule has 4 heteroatoms. The summed E-state index contributed by atoms with van der Waals surface area (Å²) in [6.45, 7) is 0. The topological polar surface area (TPSA) is 55.1 Å². The number of halogens is 1. The second-order valence-corrected chi connectivity index (χ2v) is 5.37. The van der Waals surface area contributed by atoms with Crippen molar-refractivity contribution in [3.63, 3.8) is 0 Å². The second-order valence-electron chi connectivity index (χ2n) is 4.94. The Morgan fingerprint density at radius 3 is 2.44 bits per heavy atom. The molecule has 0 saturated heterocycles. The number of rotatable bonds is 2. The number of nitrogen functional groups attached to an aromatic ring is 1. The highest BCUT2D eigenvalue weighted by Crippen LogP contribution is 2.19. The minimum absolute atomic E-state index is 0.0731. The average Bonchev–Trinajstić information content (AvgIpc) is 2.56. The van der Waals surface area contributed by atoms with Crippen molar-refractivity contribution >= 4 is 23.2 Å². The van der Waals surface area contributed by atoms with E-state index in [1.807, 2.05) is 0 Å². The van der Waals surface area contributed by atoms with Crippen molar-refractivity contribution in [2.75, 3.05) is 5.73 Å². The predicted octanol–water partition coefficient (Wildman–Crippen LogP) is 3.37. The van der Waals surface area contributed by atoms with Gasteiger partial charge >= 0.3 is 0 Å². The van der Waals surface area contributed by atoms with E-state index in [-0.39, 0.29) is 5.91 Å². The molecule has 0 aromatic heterocycles. The summed E-state index contributed by atoms with van der Waals surface area (Å²) in [5.74, 6) is -0.0731. The first-order valence-electron chi connectivity index (χ1n) is 6.52. The molecule has 0 bridgehead atoms. The summed E-state index contributed by atoms with van der Waals surface area (Å²) >= 11 is 5.90. The molecule has 1 amide bonds. The van der Waals surface area contributed by atoms with Crippen LogP contribution in [0.2, 0.25) is 5.02 Å². The second kappa shape index (κ2) is 6.10. The molecule has 1 saturated carbocycles. The van der Waals surface area contributed by atoms with Gasteiger partial charge in [0.2, 0.25) is 0 Å². The number of carbonyl (C=O) groups excluding carboxylic acids is 1. The third-order valence-electron chi connectivity index (χ3n) is 3.37. The Balaban J connectivity index is 2.01. The Morgan fingerprint density at radius 1 is 1.17 bits per heavy atom. The van der Waals surface area contributed by atoms with Crippen molar-refractivity contribution in [2.24, 2.45) is 0 Å². The molecule has 98 valence electrons. The lowest BCUT2D eigenvalue weighted by molar-refractivity contribution is 0.0933. The number of anilines is 1. The molecule has 3 N–H and O–H groups in total. The molecular weight excluding hydrogens is 248 g/mol. The lowest BCUT2D eigenvalue weighted by Gasteiger charge is -2.16. The van der Waals surface area contributed by atoms with Gasteiger partial charge in [-0.3, -0.25) is 4.79 Å². The third-order valence-corrected chi connectivity index (χ3v) is 3.59. The molecule has 3 nitrogen and oxygen atoms in total. The molecule has 18 heavy (non-hydrogen) atoms. The molecule has 0 radical (unpaired) electrons. The standard InChI is InChI=1S/C14H19ClN2O/c15-11-7-10(8-12(16)9-11)14(18)17-13-5-3-1-2-4-6-13/h7-9,13H,1-6,16H2,(H,17,18). The molecule has 2 rings (SSSR count). The van der Waals surface area contributed by atoms with E-state index in [0.717, 1.165) is 12.8 Å². The van der Waals surface area contributed by atoms with Crippen LogP contribution in [0.5, 0.6) is 0 Å². The number of hydrogen-bond donors (Lipinski definition) is 2. The minimum Gasteiger partial charge on any atom is -0.399 e. The molecule has 0 heterocycles. The Labute approximate surface area is 113 Å². The summed E-state index contributed by atoms with van der Waals surface area (Å²) in [7, 11) is 0. The molecular formula is C14H19ClN2O. The quantitative estimate of drug-likeness (QED) is 0.637. The molecule has 1 fully saturated rings. The van der Waals surface area contributed by atoms with Crippen LogP contribution in [0.25, 0.3) is 0 Å². The minimum atomic E-state index is -0.0731. The van der Waals surface area contributed by atoms with E-state index in [1.165, 1.54) is 25.7 Å². The Kier molecular flexibility index (Phi) is 4.48. The molecule has 1 aliphatic carbocycles. The normalized spacial score (nSPS) is 17.2. The van der Waals surface area contributed by atoms with Crippen LogP contribution in [0.15, 0.2) is 18.2 Å². The van der Waals surface area contributed by atoms with Crippen molar-refractivity contribution in [1.29, 1.82) is 0 Å². The van der Waals surface area contributed by atoms with Crippen LogP contribution in [0, 0.1) is 0 Å². The van der Waals surface area contributed by atoms with Crippen LogP contribution in [-0.2, 0) is 0 Å². The zero-order valence-electron chi connectivity index (χ0n) is 10.4. The molecule has 0 aliphatic heterocycles. The summed E-state index contributed by atoms with van der Waals surface area (Å²) in [6.07, 6.45) is 7.09. The number of hydrogen-bond acceptors (Lipinski definition) is 2. The smallest absolute Gasteiger partial charge is 0.251 e. The van der Waals surface area contributed by atoms with Crippen molar-refractivity contribution < 1.29 is 4.79 Å². The molecule has 0 atom stereocenters. The molecule has 0 spiro atoms. The number of carbonyl (C=O) groups is 1. The lowest BCUT2D eigenvalue weighted by Crippen LogP contribution is -2.34. The van der Waals surface area contributed by atoms with Gasteiger partial charge in [-0.05, 0) is 31.0 Å². The first-order chi connectivity index (χ1) is 8.65. The Bertz CT molecular complexity index is 406. The fraction of sp³-hybridized carbons (Fsp3) is 0.500. The third kappa shape index (κ3) is 3.64. The van der Waals surface area contributed by atoms with Crippen LogP contribution < -0.4 is 11.1 Å². The number of benzene rings is 1. The highest BCUT2D eigenvalue weighted by molar-refractivity contribution is 6.31. The molecule has 1 aromatic carbocycles. The first-order valence-corrected chi connectivity index (χ1v) is 6.90. The van der Waals surface area contributed by atoms with Gasteiger partial charge in [0.05, 0.1) is 0 Å². The highest BCUT2D eigenvalue weighted by Gasteiger charge is 2.16. The largest absolute Gasteiger partial charge is 0.399 e. The van der Waals surface area contributed by atoms with Gasteiger partial charge in [-0.1, -0.05) is 37.3 Å². The predicted molar refractivity (Wildman–Crippen MR) is 74.8 cm³/mol. The molecule has 1 aromatic rings. The number of nitrogens with one attached hydrogen (secondary N) is 1. The highest BCUT2D eigenvalue weighted by atomic mass is 35.5. The van der Waals surface area contributed by atoms with E-state index in [2.05, 4.69) is 5.32 Å². The molecule has 1 aliphatic rings. The number of nitrogens with two attached hydrogens (primary N) is 1. The van der Waals surface area contributed by atoms with E-state index >= 15 is 0 Å². The van der Waals surface area contributed by atoms with Crippen molar-refractivity contribution in [2.45, 2.75) is 44.6 Å². The lowest BCUT2D eigenvalue weighted by atomic mass is 10.1. The van der Waals surface area contributed by atoms with Gasteiger partial charge in [0.15, 0.2) is 0 Å². The van der Waals surface area contributed by atoms with Gasteiger partial charge in [-0.25, -0.2) is 0 Å². The van der Waals surface area contributed by atoms with E-state index < -0.39 is 0 Å². The fourth-order valence-electron chi connectivity index (χ4n) is 2.44. The van der Waals surface area contributed by atoms with E-state index in [1.54, 1.807) is 18.2 Å². The monoisotopic (exact) mass is 266 g/mol. The maximum atomic E-state index is 12.1. The maximum Gasteiger partial charge on any atom is 0.251 e. The van der Waals surface area contributed by atoms with Crippen molar-refractivity contribution in [3.05, 3.63) is 28.8 Å². The summed E-state index contributed by atoms with van der Waals surface area (Å²) in [6, 6.07) is 5.26. The van der Waals surface area contributed by atoms with Gasteiger partial charge in [-0.2, -0.15) is 0 Å². The summed E-state index contributed by atoms with van der Waals surface area (Å²) in [5.41, 5.74) is 6.76. The van der Waals surface area contributed by atoms with Gasteiger partial charge in [-0.15, -0.1) is 0 Å². The van der Waals surface area contributed by atoms with Gasteiger partial charge in [0, 0.05) is 22.3 Å². The summed E-state index contributed by atoms with van der Waals surface area (Å²) < 4.78 is 0. The van der Waals surface area contributed by atoms with Gasteiger partial charge < -0.3 is 11.1 Å². The van der Waals surface area contributed by atoms with Crippen LogP contribution in [0.3, 0.4) is 0 Å². The SMILES string of the molecule is Nc1cc(Cl)cc(C(=O)NC2CCCCCC2)c1. The van der Waals surface area contributed by atoms with E-state index in [9.17, 15) is 4.79 Å². The Hall–Kier alpha value is -1.22. The maximum absolute atomic E-state index is 12.1. The molecule has 0 unspecified atom stereocenters.